The van der Waals surface area contributed by atoms with E-state index in [1.54, 1.807) is 0 Å². The van der Waals surface area contributed by atoms with Crippen LogP contribution < -0.4 is 5.32 Å². The molecule has 0 aromatic heterocycles. The molecule has 2 aromatic carbocycles. The second-order valence-corrected chi connectivity index (χ2v) is 8.09. The first-order valence-electron chi connectivity index (χ1n) is 11.4. The van der Waals surface area contributed by atoms with Gasteiger partial charge in [0.15, 0.2) is 6.29 Å². The lowest BCUT2D eigenvalue weighted by atomic mass is 9.99. The number of carbonyl (C=O) groups is 2. The zero-order chi connectivity index (χ0) is 25.0. The van der Waals surface area contributed by atoms with E-state index < -0.39 is 42.8 Å². The standard InChI is InChI=1S/C25H31NO9/c27-20(12-7-13-26-25(31)34-15-18-10-5-2-6-11-18)32-16-19-21(28)22(29)23(30)24(35-19)33-14-17-8-3-1-4-9-17/h1-6,8-11,19,21-24,28-30H,7,12-16H2,(H,26,31)/t19-,21-,22+,23-,24-/m1/s1. The number of alkyl carbamates (subject to hydrolysis) is 1. The first kappa shape index (κ1) is 26.6. The van der Waals surface area contributed by atoms with Gasteiger partial charge in [0.1, 0.15) is 37.6 Å². The van der Waals surface area contributed by atoms with Crippen molar-refractivity contribution in [2.24, 2.45) is 0 Å². The van der Waals surface area contributed by atoms with Crippen LogP contribution in [0, 0.1) is 0 Å². The molecule has 5 atom stereocenters. The Morgan fingerprint density at radius 3 is 2.11 bits per heavy atom. The van der Waals surface area contributed by atoms with Gasteiger partial charge in [-0.15, -0.1) is 0 Å². The summed E-state index contributed by atoms with van der Waals surface area (Å²) in [6.07, 6.45) is -7.00. The van der Waals surface area contributed by atoms with Gasteiger partial charge in [-0.2, -0.15) is 0 Å². The topological polar surface area (TPSA) is 144 Å². The van der Waals surface area contributed by atoms with Crippen molar-refractivity contribution in [3.8, 4) is 0 Å². The number of benzene rings is 2. The van der Waals surface area contributed by atoms with Crippen LogP contribution >= 0.6 is 0 Å². The Morgan fingerprint density at radius 2 is 1.46 bits per heavy atom. The molecule has 0 saturated carbocycles. The molecule has 1 aliphatic heterocycles. The van der Waals surface area contributed by atoms with Gasteiger partial charge in [0, 0.05) is 13.0 Å². The fourth-order valence-electron chi connectivity index (χ4n) is 3.39. The number of carbonyl (C=O) groups excluding carboxylic acids is 2. The van der Waals surface area contributed by atoms with E-state index in [0.717, 1.165) is 11.1 Å². The Bertz CT molecular complexity index is 912. The summed E-state index contributed by atoms with van der Waals surface area (Å²) in [5, 5.41) is 33.0. The SMILES string of the molecule is O=C(CCCNC(=O)OCc1ccccc1)OC[C@H]1O[C@@H](OCc2ccccc2)[C@H](O)[C@@H](O)[C@@H]1O. The number of aliphatic hydroxyl groups excluding tert-OH is 3. The molecule has 1 fully saturated rings. The summed E-state index contributed by atoms with van der Waals surface area (Å²) < 4.78 is 21.3. The van der Waals surface area contributed by atoms with E-state index >= 15 is 0 Å². The molecule has 2 aromatic rings. The second-order valence-electron chi connectivity index (χ2n) is 8.09. The van der Waals surface area contributed by atoms with E-state index in [0.29, 0.717) is 6.42 Å². The first-order chi connectivity index (χ1) is 16.9. The van der Waals surface area contributed by atoms with E-state index in [9.17, 15) is 24.9 Å². The van der Waals surface area contributed by atoms with Gasteiger partial charge in [-0.3, -0.25) is 4.79 Å². The van der Waals surface area contributed by atoms with E-state index in [1.807, 2.05) is 60.7 Å². The summed E-state index contributed by atoms with van der Waals surface area (Å²) in [6.45, 7) is 0.154. The number of hydrogen-bond acceptors (Lipinski definition) is 9. The zero-order valence-corrected chi connectivity index (χ0v) is 19.2. The fourth-order valence-corrected chi connectivity index (χ4v) is 3.39. The molecule has 0 radical (unpaired) electrons. The molecule has 35 heavy (non-hydrogen) atoms. The van der Waals surface area contributed by atoms with Crippen molar-refractivity contribution < 1.29 is 43.9 Å². The molecule has 0 unspecified atom stereocenters. The van der Waals surface area contributed by atoms with E-state index in [2.05, 4.69) is 5.32 Å². The summed E-state index contributed by atoms with van der Waals surface area (Å²) in [4.78, 5) is 23.8. The van der Waals surface area contributed by atoms with E-state index in [-0.39, 0.29) is 32.8 Å². The lowest BCUT2D eigenvalue weighted by molar-refractivity contribution is -0.304. The van der Waals surface area contributed by atoms with Crippen LogP contribution in [-0.2, 0) is 37.0 Å². The summed E-state index contributed by atoms with van der Waals surface area (Å²) in [5.41, 5.74) is 1.70. The van der Waals surface area contributed by atoms with Crippen molar-refractivity contribution in [3.63, 3.8) is 0 Å². The third kappa shape index (κ3) is 8.61. The highest BCUT2D eigenvalue weighted by molar-refractivity contribution is 5.70. The van der Waals surface area contributed by atoms with E-state index in [4.69, 9.17) is 18.9 Å². The molecule has 4 N–H and O–H groups in total. The van der Waals surface area contributed by atoms with Gasteiger partial charge < -0.3 is 39.6 Å². The van der Waals surface area contributed by atoms with Crippen LogP contribution in [0.5, 0.6) is 0 Å². The van der Waals surface area contributed by atoms with Gasteiger partial charge in [-0.05, 0) is 17.5 Å². The maximum atomic E-state index is 12.0. The fraction of sp³-hybridized carbons (Fsp3) is 0.440. The number of ether oxygens (including phenoxy) is 4. The molecule has 10 nitrogen and oxygen atoms in total. The van der Waals surface area contributed by atoms with Crippen LogP contribution in [0.4, 0.5) is 4.79 Å². The van der Waals surface area contributed by atoms with Crippen LogP contribution in [-0.4, -0.2) is 71.2 Å². The van der Waals surface area contributed by atoms with Crippen LogP contribution in [0.3, 0.4) is 0 Å². The number of nitrogens with one attached hydrogen (secondary N) is 1. The summed E-state index contributed by atoms with van der Waals surface area (Å²) >= 11 is 0. The molecule has 1 saturated heterocycles. The molecule has 3 rings (SSSR count). The quantitative estimate of drug-likeness (QED) is 0.271. The molecule has 0 aliphatic carbocycles. The highest BCUT2D eigenvalue weighted by Crippen LogP contribution is 2.23. The maximum Gasteiger partial charge on any atom is 0.407 e. The van der Waals surface area contributed by atoms with Crippen LogP contribution in [0.1, 0.15) is 24.0 Å². The zero-order valence-electron chi connectivity index (χ0n) is 19.2. The Balaban J connectivity index is 1.33. The van der Waals surface area contributed by atoms with Crippen molar-refractivity contribution in [2.45, 2.75) is 56.8 Å². The largest absolute Gasteiger partial charge is 0.463 e. The number of esters is 1. The van der Waals surface area contributed by atoms with E-state index in [1.165, 1.54) is 0 Å². The Morgan fingerprint density at radius 1 is 0.829 bits per heavy atom. The molecular formula is C25H31NO9. The van der Waals surface area contributed by atoms with Crippen LogP contribution in [0.2, 0.25) is 0 Å². The first-order valence-corrected chi connectivity index (χ1v) is 11.4. The minimum absolute atomic E-state index is 0.0148. The molecule has 10 heteroatoms. The molecule has 1 aliphatic rings. The minimum atomic E-state index is -1.53. The predicted octanol–water partition coefficient (Wildman–Crippen LogP) is 1.26. The average molecular weight is 490 g/mol. The number of rotatable bonds is 11. The molecule has 190 valence electrons. The number of aliphatic hydroxyl groups is 3. The van der Waals surface area contributed by atoms with Gasteiger partial charge in [0.25, 0.3) is 0 Å². The lowest BCUT2D eigenvalue weighted by Gasteiger charge is -2.39. The van der Waals surface area contributed by atoms with Crippen molar-refractivity contribution in [1.29, 1.82) is 0 Å². The summed E-state index contributed by atoms with van der Waals surface area (Å²) in [5.74, 6) is -0.567. The molecule has 0 bridgehead atoms. The van der Waals surface area contributed by atoms with Gasteiger partial charge in [0.2, 0.25) is 0 Å². The molecular weight excluding hydrogens is 458 g/mol. The highest BCUT2D eigenvalue weighted by Gasteiger charge is 2.44. The van der Waals surface area contributed by atoms with Gasteiger partial charge in [0.05, 0.1) is 6.61 Å². The van der Waals surface area contributed by atoms with Gasteiger partial charge >= 0.3 is 12.1 Å². The molecule has 0 spiro atoms. The normalized spacial score (nSPS) is 23.9. The predicted molar refractivity (Wildman–Crippen MR) is 123 cm³/mol. The third-order valence-corrected chi connectivity index (χ3v) is 5.37. The van der Waals surface area contributed by atoms with Crippen molar-refractivity contribution in [2.75, 3.05) is 13.2 Å². The minimum Gasteiger partial charge on any atom is -0.463 e. The lowest BCUT2D eigenvalue weighted by Crippen LogP contribution is -2.59. The highest BCUT2D eigenvalue weighted by atomic mass is 16.7. The van der Waals surface area contributed by atoms with Crippen molar-refractivity contribution >= 4 is 12.1 Å². The Kier molecular flexibility index (Phi) is 10.5. The summed E-state index contributed by atoms with van der Waals surface area (Å²) in [6, 6.07) is 18.4. The Labute approximate surface area is 203 Å². The maximum absolute atomic E-state index is 12.0. The van der Waals surface area contributed by atoms with Crippen LogP contribution in [0.15, 0.2) is 60.7 Å². The smallest absolute Gasteiger partial charge is 0.407 e. The molecule has 1 amide bonds. The summed E-state index contributed by atoms with van der Waals surface area (Å²) in [7, 11) is 0. The number of hydrogen-bond donors (Lipinski definition) is 4. The van der Waals surface area contributed by atoms with Gasteiger partial charge in [-0.25, -0.2) is 4.79 Å². The van der Waals surface area contributed by atoms with Crippen LogP contribution in [0.25, 0.3) is 0 Å². The second kappa shape index (κ2) is 13.8. The Hall–Kier alpha value is -3.02. The number of amides is 1. The van der Waals surface area contributed by atoms with Crippen molar-refractivity contribution in [3.05, 3.63) is 71.8 Å². The third-order valence-electron chi connectivity index (χ3n) is 5.37. The van der Waals surface area contributed by atoms with Gasteiger partial charge in [-0.1, -0.05) is 60.7 Å². The molecule has 1 heterocycles. The van der Waals surface area contributed by atoms with Crippen molar-refractivity contribution in [1.82, 2.24) is 5.32 Å². The monoisotopic (exact) mass is 489 g/mol. The average Bonchev–Trinajstić information content (AvgIpc) is 2.89.